The van der Waals surface area contributed by atoms with Crippen molar-refractivity contribution in [3.05, 3.63) is 70.1 Å². The number of para-hydroxylation sites is 1. The summed E-state index contributed by atoms with van der Waals surface area (Å²) in [5.74, 6) is -0.724. The molecule has 2 heterocycles. The van der Waals surface area contributed by atoms with Gasteiger partial charge >= 0.3 is 0 Å². The van der Waals surface area contributed by atoms with Gasteiger partial charge in [0.1, 0.15) is 5.58 Å². The Morgan fingerprint density at radius 2 is 1.89 bits per heavy atom. The third-order valence-corrected chi connectivity index (χ3v) is 5.08. The lowest BCUT2D eigenvalue weighted by Crippen LogP contribution is -2.26. The fourth-order valence-electron chi connectivity index (χ4n) is 3.35. The second-order valence-electron chi connectivity index (χ2n) is 6.50. The molecule has 4 rings (SSSR count). The molecule has 1 aromatic heterocycles. The van der Waals surface area contributed by atoms with Gasteiger partial charge in [0.05, 0.1) is 23.6 Å². The van der Waals surface area contributed by atoms with Crippen molar-refractivity contribution in [1.29, 1.82) is 0 Å². The number of carbonyl (C=O) groups is 1. The highest BCUT2D eigenvalue weighted by molar-refractivity contribution is 7.92. The SMILES string of the molecule is CS(=O)(=O)Nc1ccc2c(c1)NC(=O)C[C@H]2c1coc2ccccc2c1=O. The van der Waals surface area contributed by atoms with E-state index < -0.39 is 15.9 Å². The first kappa shape index (κ1) is 17.3. The van der Waals surface area contributed by atoms with Crippen LogP contribution in [0.2, 0.25) is 0 Å². The number of rotatable bonds is 3. The molecule has 1 amide bonds. The van der Waals surface area contributed by atoms with Crippen LogP contribution in [0, 0.1) is 0 Å². The lowest BCUT2D eigenvalue weighted by Gasteiger charge is -2.26. The fourth-order valence-corrected chi connectivity index (χ4v) is 3.91. The number of fused-ring (bicyclic) bond motifs is 2. The quantitative estimate of drug-likeness (QED) is 0.722. The molecule has 2 aromatic carbocycles. The van der Waals surface area contributed by atoms with Gasteiger partial charge in [-0.25, -0.2) is 8.42 Å². The van der Waals surface area contributed by atoms with E-state index in [4.69, 9.17) is 4.42 Å². The Morgan fingerprint density at radius 3 is 2.67 bits per heavy atom. The highest BCUT2D eigenvalue weighted by atomic mass is 32.2. The Bertz CT molecular complexity index is 1230. The molecule has 1 aliphatic heterocycles. The van der Waals surface area contributed by atoms with Crippen LogP contribution in [0.4, 0.5) is 11.4 Å². The standard InChI is InChI=1S/C19H16N2O5S/c1-27(24,25)21-11-6-7-12-14(9-18(22)20-16(12)8-11)15-10-26-17-5-3-2-4-13(17)19(15)23/h2-8,10,14,21H,9H2,1H3,(H,20,22)/t14-/m1/s1. The molecule has 0 fully saturated rings. The number of nitrogens with one attached hydrogen (secondary N) is 2. The number of anilines is 2. The van der Waals surface area contributed by atoms with E-state index in [1.807, 2.05) is 0 Å². The summed E-state index contributed by atoms with van der Waals surface area (Å²) in [6, 6.07) is 11.8. The van der Waals surface area contributed by atoms with E-state index in [1.165, 1.54) is 6.26 Å². The van der Waals surface area contributed by atoms with E-state index >= 15 is 0 Å². The molecule has 0 radical (unpaired) electrons. The maximum atomic E-state index is 12.9. The summed E-state index contributed by atoms with van der Waals surface area (Å²) >= 11 is 0. The summed E-state index contributed by atoms with van der Waals surface area (Å²) < 4.78 is 30.8. The number of carbonyl (C=O) groups excluding carboxylic acids is 1. The van der Waals surface area contributed by atoms with Crippen LogP contribution >= 0.6 is 0 Å². The lowest BCUT2D eigenvalue weighted by atomic mass is 9.85. The van der Waals surface area contributed by atoms with Gasteiger partial charge in [-0.05, 0) is 29.8 Å². The molecule has 8 heteroatoms. The van der Waals surface area contributed by atoms with Gasteiger partial charge in [-0.2, -0.15) is 0 Å². The summed E-state index contributed by atoms with van der Waals surface area (Å²) in [6.07, 6.45) is 2.56. The topological polar surface area (TPSA) is 105 Å². The first-order chi connectivity index (χ1) is 12.8. The molecular formula is C19H16N2O5S. The van der Waals surface area contributed by atoms with Crippen molar-refractivity contribution < 1.29 is 17.6 Å². The highest BCUT2D eigenvalue weighted by Gasteiger charge is 2.29. The van der Waals surface area contributed by atoms with Crippen LogP contribution in [0.25, 0.3) is 11.0 Å². The predicted molar refractivity (Wildman–Crippen MR) is 102 cm³/mol. The van der Waals surface area contributed by atoms with Gasteiger partial charge < -0.3 is 9.73 Å². The summed E-state index contributed by atoms with van der Waals surface area (Å²) in [7, 11) is -3.44. The van der Waals surface area contributed by atoms with Gasteiger partial charge in [0, 0.05) is 23.6 Å². The first-order valence-electron chi connectivity index (χ1n) is 8.24. The molecule has 0 saturated carbocycles. The van der Waals surface area contributed by atoms with Crippen LogP contribution in [-0.4, -0.2) is 20.6 Å². The Kier molecular flexibility index (Phi) is 4.00. The Morgan fingerprint density at radius 1 is 1.11 bits per heavy atom. The number of amides is 1. The smallest absolute Gasteiger partial charge is 0.229 e. The molecule has 138 valence electrons. The van der Waals surface area contributed by atoms with E-state index in [1.54, 1.807) is 42.5 Å². The van der Waals surface area contributed by atoms with Crippen molar-refractivity contribution in [2.24, 2.45) is 0 Å². The summed E-state index contributed by atoms with van der Waals surface area (Å²) in [5.41, 5.74) is 2.24. The van der Waals surface area contributed by atoms with Gasteiger partial charge in [-0.15, -0.1) is 0 Å². The first-order valence-corrected chi connectivity index (χ1v) is 10.1. The summed E-state index contributed by atoms with van der Waals surface area (Å²) in [6.45, 7) is 0. The molecule has 0 spiro atoms. The van der Waals surface area contributed by atoms with E-state index in [-0.39, 0.29) is 17.8 Å². The number of hydrogen-bond acceptors (Lipinski definition) is 5. The molecule has 1 atom stereocenters. The average molecular weight is 384 g/mol. The summed E-state index contributed by atoms with van der Waals surface area (Å²) in [4.78, 5) is 25.1. The van der Waals surface area contributed by atoms with E-state index in [0.29, 0.717) is 27.9 Å². The van der Waals surface area contributed by atoms with E-state index in [2.05, 4.69) is 10.0 Å². The molecule has 0 unspecified atom stereocenters. The largest absolute Gasteiger partial charge is 0.464 e. The van der Waals surface area contributed by atoms with E-state index in [9.17, 15) is 18.0 Å². The van der Waals surface area contributed by atoms with Crippen LogP contribution in [0.5, 0.6) is 0 Å². The van der Waals surface area contributed by atoms with Crippen LogP contribution in [0.3, 0.4) is 0 Å². The third-order valence-electron chi connectivity index (χ3n) is 4.48. The van der Waals surface area contributed by atoms with Crippen LogP contribution in [-0.2, 0) is 14.8 Å². The normalized spacial score (nSPS) is 16.6. The lowest BCUT2D eigenvalue weighted by molar-refractivity contribution is -0.116. The monoisotopic (exact) mass is 384 g/mol. The summed E-state index contributed by atoms with van der Waals surface area (Å²) in [5, 5.41) is 3.19. The molecule has 0 aliphatic carbocycles. The molecule has 2 N–H and O–H groups in total. The molecule has 0 saturated heterocycles. The fraction of sp³-hybridized carbons (Fsp3) is 0.158. The second kappa shape index (κ2) is 6.24. The Balaban J connectivity index is 1.83. The third kappa shape index (κ3) is 3.31. The van der Waals surface area contributed by atoms with Crippen LogP contribution < -0.4 is 15.5 Å². The zero-order chi connectivity index (χ0) is 19.2. The average Bonchev–Trinajstić information content (AvgIpc) is 2.60. The van der Waals surface area contributed by atoms with Gasteiger partial charge in [-0.1, -0.05) is 18.2 Å². The Labute approximate surface area is 155 Å². The van der Waals surface area contributed by atoms with Crippen LogP contribution in [0.15, 0.2) is 57.9 Å². The van der Waals surface area contributed by atoms with Crippen molar-refractivity contribution in [3.8, 4) is 0 Å². The van der Waals surface area contributed by atoms with Crippen molar-refractivity contribution in [3.63, 3.8) is 0 Å². The zero-order valence-corrected chi connectivity index (χ0v) is 15.2. The molecule has 0 bridgehead atoms. The minimum absolute atomic E-state index is 0.106. The molecule has 27 heavy (non-hydrogen) atoms. The zero-order valence-electron chi connectivity index (χ0n) is 14.4. The second-order valence-corrected chi connectivity index (χ2v) is 8.25. The minimum Gasteiger partial charge on any atom is -0.464 e. The number of sulfonamides is 1. The molecule has 3 aromatic rings. The van der Waals surface area contributed by atoms with Crippen molar-refractivity contribution in [1.82, 2.24) is 0 Å². The maximum Gasteiger partial charge on any atom is 0.229 e. The molecule has 1 aliphatic rings. The van der Waals surface area contributed by atoms with Crippen LogP contribution in [0.1, 0.15) is 23.5 Å². The molecule has 7 nitrogen and oxygen atoms in total. The van der Waals surface area contributed by atoms with Gasteiger partial charge in [0.2, 0.25) is 15.9 Å². The van der Waals surface area contributed by atoms with Crippen molar-refractivity contribution in [2.75, 3.05) is 16.3 Å². The number of hydrogen-bond donors (Lipinski definition) is 2. The van der Waals surface area contributed by atoms with E-state index in [0.717, 1.165) is 11.8 Å². The van der Waals surface area contributed by atoms with Gasteiger partial charge in [-0.3, -0.25) is 14.3 Å². The number of benzene rings is 2. The predicted octanol–water partition coefficient (Wildman–Crippen LogP) is 2.64. The van der Waals surface area contributed by atoms with Crippen molar-refractivity contribution in [2.45, 2.75) is 12.3 Å². The Hall–Kier alpha value is -3.13. The van der Waals surface area contributed by atoms with Gasteiger partial charge in [0.25, 0.3) is 0 Å². The minimum atomic E-state index is -3.44. The maximum absolute atomic E-state index is 12.9. The van der Waals surface area contributed by atoms with Crippen molar-refractivity contribution >= 4 is 38.3 Å². The van der Waals surface area contributed by atoms with Gasteiger partial charge in [0.15, 0.2) is 5.43 Å². The highest BCUT2D eigenvalue weighted by Crippen LogP contribution is 2.37. The molecular weight excluding hydrogens is 368 g/mol.